The summed E-state index contributed by atoms with van der Waals surface area (Å²) in [5.41, 5.74) is 1.16. The summed E-state index contributed by atoms with van der Waals surface area (Å²) in [6, 6.07) is 11.3. The van der Waals surface area contributed by atoms with Crippen LogP contribution in [-0.4, -0.2) is 31.0 Å². The highest BCUT2D eigenvalue weighted by molar-refractivity contribution is 6.16. The fraction of sp³-hybridized carbons (Fsp3) is 0.353. The van der Waals surface area contributed by atoms with Gasteiger partial charge in [0.25, 0.3) is 5.91 Å². The minimum Gasteiger partial charge on any atom is -0.494 e. The number of alkyl halides is 1. The third kappa shape index (κ3) is 4.53. The number of rotatable bonds is 7. The van der Waals surface area contributed by atoms with Crippen LogP contribution in [0.15, 0.2) is 40.8 Å². The lowest BCUT2D eigenvalue weighted by molar-refractivity contribution is 0.0755. The molecule has 1 heterocycles. The molecule has 0 aliphatic carbocycles. The standard InChI is InChI=1S/C17H20ClNO3/c1-13-5-3-6-14(11-13)21-10-4-9-19(2)17(20)16-8-7-15(12-18)22-16/h3,5-8,11H,4,9-10,12H2,1-2H3. The lowest BCUT2D eigenvalue weighted by Crippen LogP contribution is -2.28. The number of hydrogen-bond acceptors (Lipinski definition) is 3. The summed E-state index contributed by atoms with van der Waals surface area (Å²) in [6.07, 6.45) is 0.749. The summed E-state index contributed by atoms with van der Waals surface area (Å²) in [7, 11) is 1.75. The van der Waals surface area contributed by atoms with E-state index in [0.29, 0.717) is 24.7 Å². The molecule has 0 radical (unpaired) electrons. The van der Waals surface area contributed by atoms with E-state index in [1.54, 1.807) is 24.1 Å². The first kappa shape index (κ1) is 16.4. The maximum Gasteiger partial charge on any atom is 0.289 e. The first-order valence-corrected chi connectivity index (χ1v) is 7.73. The van der Waals surface area contributed by atoms with Gasteiger partial charge in [0.1, 0.15) is 11.5 Å². The highest BCUT2D eigenvalue weighted by Gasteiger charge is 2.15. The van der Waals surface area contributed by atoms with Crippen LogP contribution >= 0.6 is 11.6 Å². The molecular formula is C17H20ClNO3. The zero-order valence-corrected chi connectivity index (χ0v) is 13.6. The Morgan fingerprint density at radius 2 is 2.14 bits per heavy atom. The SMILES string of the molecule is Cc1cccc(OCCCN(C)C(=O)c2ccc(CCl)o2)c1. The van der Waals surface area contributed by atoms with Crippen LogP contribution in [0.25, 0.3) is 0 Å². The van der Waals surface area contributed by atoms with Gasteiger partial charge in [-0.3, -0.25) is 4.79 Å². The summed E-state index contributed by atoms with van der Waals surface area (Å²) < 4.78 is 11.0. The molecule has 2 aromatic rings. The second-order valence-corrected chi connectivity index (χ2v) is 5.41. The maximum absolute atomic E-state index is 12.1. The lowest BCUT2D eigenvalue weighted by Gasteiger charge is -2.16. The predicted octanol–water partition coefficient (Wildman–Crippen LogP) is 3.87. The van der Waals surface area contributed by atoms with Gasteiger partial charge < -0.3 is 14.1 Å². The molecule has 22 heavy (non-hydrogen) atoms. The number of aryl methyl sites for hydroxylation is 1. The molecule has 0 N–H and O–H groups in total. The number of carbonyl (C=O) groups is 1. The van der Waals surface area contributed by atoms with Crippen molar-refractivity contribution in [2.45, 2.75) is 19.2 Å². The van der Waals surface area contributed by atoms with Crippen molar-refractivity contribution >= 4 is 17.5 Å². The smallest absolute Gasteiger partial charge is 0.289 e. The monoisotopic (exact) mass is 321 g/mol. The molecule has 0 saturated heterocycles. The molecule has 0 aliphatic rings. The van der Waals surface area contributed by atoms with E-state index in [-0.39, 0.29) is 11.8 Å². The molecule has 2 rings (SSSR count). The Kier molecular flexibility index (Phi) is 5.90. The van der Waals surface area contributed by atoms with E-state index in [9.17, 15) is 4.79 Å². The number of ether oxygens (including phenoxy) is 1. The molecule has 0 unspecified atom stereocenters. The predicted molar refractivity (Wildman–Crippen MR) is 86.5 cm³/mol. The van der Waals surface area contributed by atoms with Crippen LogP contribution in [0.1, 0.15) is 28.3 Å². The Balaban J connectivity index is 1.75. The van der Waals surface area contributed by atoms with Crippen molar-refractivity contribution in [2.75, 3.05) is 20.2 Å². The second kappa shape index (κ2) is 7.90. The number of furan rings is 1. The summed E-state index contributed by atoms with van der Waals surface area (Å²) in [5.74, 6) is 1.89. The van der Waals surface area contributed by atoms with Gasteiger partial charge in [0.2, 0.25) is 0 Å². The zero-order valence-electron chi connectivity index (χ0n) is 12.8. The third-order valence-electron chi connectivity index (χ3n) is 3.25. The van der Waals surface area contributed by atoms with E-state index in [1.807, 2.05) is 31.2 Å². The molecule has 4 nitrogen and oxygen atoms in total. The lowest BCUT2D eigenvalue weighted by atomic mass is 10.2. The van der Waals surface area contributed by atoms with Gasteiger partial charge in [-0.2, -0.15) is 0 Å². The van der Waals surface area contributed by atoms with Gasteiger partial charge >= 0.3 is 0 Å². The Morgan fingerprint density at radius 1 is 1.32 bits per heavy atom. The van der Waals surface area contributed by atoms with Gasteiger partial charge in [-0.15, -0.1) is 11.6 Å². The zero-order chi connectivity index (χ0) is 15.9. The van der Waals surface area contributed by atoms with E-state index in [4.69, 9.17) is 20.8 Å². The van der Waals surface area contributed by atoms with Crippen LogP contribution in [0.4, 0.5) is 0 Å². The van der Waals surface area contributed by atoms with Crippen LogP contribution in [0.5, 0.6) is 5.75 Å². The molecule has 0 spiro atoms. The summed E-state index contributed by atoms with van der Waals surface area (Å²) in [5, 5.41) is 0. The molecule has 0 aliphatic heterocycles. The van der Waals surface area contributed by atoms with E-state index < -0.39 is 0 Å². The normalized spacial score (nSPS) is 10.5. The first-order valence-electron chi connectivity index (χ1n) is 7.20. The van der Waals surface area contributed by atoms with Crippen molar-refractivity contribution in [1.82, 2.24) is 4.90 Å². The molecule has 1 amide bonds. The molecule has 0 atom stereocenters. The Labute approximate surface area is 135 Å². The molecule has 0 bridgehead atoms. The number of carbonyl (C=O) groups excluding carboxylic acids is 1. The summed E-state index contributed by atoms with van der Waals surface area (Å²) in [4.78, 5) is 13.8. The van der Waals surface area contributed by atoms with Gasteiger partial charge in [-0.05, 0) is 43.2 Å². The number of benzene rings is 1. The fourth-order valence-electron chi connectivity index (χ4n) is 2.05. The highest BCUT2D eigenvalue weighted by Crippen LogP contribution is 2.14. The second-order valence-electron chi connectivity index (χ2n) is 5.14. The molecule has 118 valence electrons. The van der Waals surface area contributed by atoms with Crippen molar-refractivity contribution in [3.8, 4) is 5.75 Å². The highest BCUT2D eigenvalue weighted by atomic mass is 35.5. The number of hydrogen-bond donors (Lipinski definition) is 0. The number of amides is 1. The topological polar surface area (TPSA) is 42.7 Å². The summed E-state index contributed by atoms with van der Waals surface area (Å²) in [6.45, 7) is 3.19. The van der Waals surface area contributed by atoms with Crippen molar-refractivity contribution in [3.63, 3.8) is 0 Å². The molecule has 0 saturated carbocycles. The number of halogens is 1. The quantitative estimate of drug-likeness (QED) is 0.574. The van der Waals surface area contributed by atoms with E-state index in [1.165, 1.54) is 0 Å². The van der Waals surface area contributed by atoms with Gasteiger partial charge in [-0.25, -0.2) is 0 Å². The third-order valence-corrected chi connectivity index (χ3v) is 3.51. The largest absolute Gasteiger partial charge is 0.494 e. The van der Waals surface area contributed by atoms with Crippen LogP contribution in [0.2, 0.25) is 0 Å². The molecule has 1 aromatic heterocycles. The van der Waals surface area contributed by atoms with E-state index in [2.05, 4.69) is 0 Å². The van der Waals surface area contributed by atoms with Crippen molar-refractivity contribution in [1.29, 1.82) is 0 Å². The minimum absolute atomic E-state index is 0.146. The first-order chi connectivity index (χ1) is 10.6. The summed E-state index contributed by atoms with van der Waals surface area (Å²) >= 11 is 5.66. The van der Waals surface area contributed by atoms with Crippen LogP contribution < -0.4 is 4.74 Å². The molecular weight excluding hydrogens is 302 g/mol. The molecule has 1 aromatic carbocycles. The maximum atomic E-state index is 12.1. The van der Waals surface area contributed by atoms with E-state index in [0.717, 1.165) is 17.7 Å². The van der Waals surface area contributed by atoms with Gasteiger partial charge in [-0.1, -0.05) is 12.1 Å². The number of nitrogens with zero attached hydrogens (tertiary/aromatic N) is 1. The Hall–Kier alpha value is -1.94. The molecule has 0 fully saturated rings. The average Bonchev–Trinajstić information content (AvgIpc) is 2.99. The van der Waals surface area contributed by atoms with Gasteiger partial charge in [0.15, 0.2) is 5.76 Å². The van der Waals surface area contributed by atoms with Crippen LogP contribution in [-0.2, 0) is 5.88 Å². The average molecular weight is 322 g/mol. The van der Waals surface area contributed by atoms with Crippen molar-refractivity contribution < 1.29 is 13.9 Å². The fourth-order valence-corrected chi connectivity index (χ4v) is 2.19. The van der Waals surface area contributed by atoms with Crippen molar-refractivity contribution in [2.24, 2.45) is 0 Å². The van der Waals surface area contributed by atoms with E-state index >= 15 is 0 Å². The van der Waals surface area contributed by atoms with Crippen molar-refractivity contribution in [3.05, 3.63) is 53.5 Å². The van der Waals surface area contributed by atoms with Gasteiger partial charge in [0, 0.05) is 13.6 Å². The Morgan fingerprint density at radius 3 is 2.82 bits per heavy atom. The van der Waals surface area contributed by atoms with Gasteiger partial charge in [0.05, 0.1) is 12.5 Å². The Bertz CT molecular complexity index is 624. The molecule has 5 heteroatoms. The van der Waals surface area contributed by atoms with Crippen LogP contribution in [0, 0.1) is 6.92 Å². The minimum atomic E-state index is -0.146. The van der Waals surface area contributed by atoms with Crippen LogP contribution in [0.3, 0.4) is 0 Å².